The first-order chi connectivity index (χ1) is 7.13. The fourth-order valence-corrected chi connectivity index (χ4v) is 2.20. The lowest BCUT2D eigenvalue weighted by atomic mass is 10.0. The Morgan fingerprint density at radius 3 is 2.80 bits per heavy atom. The molecule has 1 atom stereocenters. The quantitative estimate of drug-likeness (QED) is 0.740. The lowest BCUT2D eigenvalue weighted by Crippen LogP contribution is -2.06. The summed E-state index contributed by atoms with van der Waals surface area (Å²) in [6.45, 7) is 9.01. The molecular formula is C13H18O2. The molecule has 0 saturated carbocycles. The standard InChI is InChI=1S/C13H18O2/c1-5-14-12-9(3)6-8(2)11-7-10(4)15-13(11)12/h6,10H,5,7H2,1-4H3. The molecule has 1 heterocycles. The average molecular weight is 206 g/mol. The van der Waals surface area contributed by atoms with Crippen LogP contribution in [0.15, 0.2) is 6.07 Å². The summed E-state index contributed by atoms with van der Waals surface area (Å²) < 4.78 is 11.5. The third-order valence-electron chi connectivity index (χ3n) is 2.85. The van der Waals surface area contributed by atoms with Crippen molar-refractivity contribution in [2.45, 2.75) is 40.2 Å². The van der Waals surface area contributed by atoms with Crippen LogP contribution in [0.2, 0.25) is 0 Å². The van der Waals surface area contributed by atoms with Crippen molar-refractivity contribution >= 4 is 0 Å². The maximum absolute atomic E-state index is 5.83. The van der Waals surface area contributed by atoms with Gasteiger partial charge >= 0.3 is 0 Å². The largest absolute Gasteiger partial charge is 0.490 e. The van der Waals surface area contributed by atoms with Crippen LogP contribution >= 0.6 is 0 Å². The van der Waals surface area contributed by atoms with Crippen LogP contribution in [0.4, 0.5) is 0 Å². The van der Waals surface area contributed by atoms with Gasteiger partial charge in [0.2, 0.25) is 0 Å². The highest BCUT2D eigenvalue weighted by Gasteiger charge is 2.26. The van der Waals surface area contributed by atoms with Crippen LogP contribution in [-0.2, 0) is 6.42 Å². The molecule has 0 amide bonds. The third-order valence-corrected chi connectivity index (χ3v) is 2.85. The molecule has 2 heteroatoms. The maximum atomic E-state index is 5.83. The van der Waals surface area contributed by atoms with Crippen LogP contribution in [0.5, 0.6) is 11.5 Å². The van der Waals surface area contributed by atoms with E-state index in [9.17, 15) is 0 Å². The average Bonchev–Trinajstić information content (AvgIpc) is 2.55. The van der Waals surface area contributed by atoms with Crippen LogP contribution in [0.3, 0.4) is 0 Å². The van der Waals surface area contributed by atoms with Gasteiger partial charge < -0.3 is 9.47 Å². The molecule has 15 heavy (non-hydrogen) atoms. The number of fused-ring (bicyclic) bond motifs is 1. The second kappa shape index (κ2) is 3.76. The minimum atomic E-state index is 0.278. The van der Waals surface area contributed by atoms with E-state index in [4.69, 9.17) is 9.47 Å². The van der Waals surface area contributed by atoms with E-state index >= 15 is 0 Å². The number of rotatable bonds is 2. The number of benzene rings is 1. The Morgan fingerprint density at radius 2 is 2.13 bits per heavy atom. The minimum Gasteiger partial charge on any atom is -0.490 e. The highest BCUT2D eigenvalue weighted by molar-refractivity contribution is 5.57. The molecule has 0 fully saturated rings. The first kappa shape index (κ1) is 10.3. The molecular weight excluding hydrogens is 188 g/mol. The molecule has 0 aromatic heterocycles. The number of hydrogen-bond donors (Lipinski definition) is 0. The Balaban J connectivity index is 2.52. The Bertz CT molecular complexity index is 383. The summed E-state index contributed by atoms with van der Waals surface area (Å²) in [5.74, 6) is 1.91. The molecule has 1 unspecified atom stereocenters. The second-order valence-electron chi connectivity index (χ2n) is 4.21. The SMILES string of the molecule is CCOc1c(C)cc(C)c2c1OC(C)C2. The van der Waals surface area contributed by atoms with Crippen LogP contribution < -0.4 is 9.47 Å². The first-order valence-corrected chi connectivity index (χ1v) is 5.56. The molecule has 1 aromatic carbocycles. The highest BCUT2D eigenvalue weighted by atomic mass is 16.5. The van der Waals surface area contributed by atoms with Crippen LogP contribution in [0.1, 0.15) is 30.5 Å². The van der Waals surface area contributed by atoms with Gasteiger partial charge in [-0.05, 0) is 38.8 Å². The van der Waals surface area contributed by atoms with Gasteiger partial charge in [-0.15, -0.1) is 0 Å². The van der Waals surface area contributed by atoms with E-state index in [0.717, 1.165) is 17.9 Å². The lowest BCUT2D eigenvalue weighted by Gasteiger charge is -2.13. The van der Waals surface area contributed by atoms with Gasteiger partial charge in [0, 0.05) is 12.0 Å². The number of ether oxygens (including phenoxy) is 2. The monoisotopic (exact) mass is 206 g/mol. The molecule has 0 aliphatic carbocycles. The normalized spacial score (nSPS) is 18.5. The topological polar surface area (TPSA) is 18.5 Å². The van der Waals surface area contributed by atoms with E-state index in [1.54, 1.807) is 0 Å². The molecule has 0 radical (unpaired) electrons. The summed E-state index contributed by atoms with van der Waals surface area (Å²) in [6.07, 6.45) is 1.28. The van der Waals surface area contributed by atoms with Crippen molar-refractivity contribution in [2.24, 2.45) is 0 Å². The van der Waals surface area contributed by atoms with Crippen LogP contribution in [-0.4, -0.2) is 12.7 Å². The zero-order chi connectivity index (χ0) is 11.0. The van der Waals surface area contributed by atoms with E-state index in [2.05, 4.69) is 26.8 Å². The van der Waals surface area contributed by atoms with Gasteiger partial charge in [-0.2, -0.15) is 0 Å². The van der Waals surface area contributed by atoms with Crippen molar-refractivity contribution < 1.29 is 9.47 Å². The Labute approximate surface area is 91.2 Å². The van der Waals surface area contributed by atoms with Gasteiger partial charge in [-0.3, -0.25) is 0 Å². The van der Waals surface area contributed by atoms with Gasteiger partial charge in [-0.25, -0.2) is 0 Å². The van der Waals surface area contributed by atoms with E-state index < -0.39 is 0 Å². The highest BCUT2D eigenvalue weighted by Crippen LogP contribution is 2.42. The second-order valence-corrected chi connectivity index (χ2v) is 4.21. The van der Waals surface area contributed by atoms with Crippen molar-refractivity contribution in [3.8, 4) is 11.5 Å². The van der Waals surface area contributed by atoms with Gasteiger partial charge in [0.05, 0.1) is 6.61 Å². The zero-order valence-corrected chi connectivity index (χ0v) is 9.89. The van der Waals surface area contributed by atoms with Crippen molar-refractivity contribution in [3.05, 3.63) is 22.8 Å². The zero-order valence-electron chi connectivity index (χ0n) is 9.89. The van der Waals surface area contributed by atoms with Gasteiger partial charge in [0.25, 0.3) is 0 Å². The van der Waals surface area contributed by atoms with Gasteiger partial charge in [-0.1, -0.05) is 6.07 Å². The van der Waals surface area contributed by atoms with Gasteiger partial charge in [0.1, 0.15) is 6.10 Å². The number of aryl methyl sites for hydroxylation is 2. The lowest BCUT2D eigenvalue weighted by molar-refractivity contribution is 0.236. The number of hydrogen-bond acceptors (Lipinski definition) is 2. The molecule has 2 rings (SSSR count). The fraction of sp³-hybridized carbons (Fsp3) is 0.538. The third kappa shape index (κ3) is 1.69. The predicted octanol–water partition coefficient (Wildman–Crippen LogP) is 3.03. The molecule has 0 bridgehead atoms. The van der Waals surface area contributed by atoms with Crippen LogP contribution in [0.25, 0.3) is 0 Å². The molecule has 1 aliphatic rings. The van der Waals surface area contributed by atoms with E-state index in [1.807, 2.05) is 6.92 Å². The Hall–Kier alpha value is -1.18. The van der Waals surface area contributed by atoms with Gasteiger partial charge in [0.15, 0.2) is 11.5 Å². The molecule has 82 valence electrons. The summed E-state index contributed by atoms with van der Waals surface area (Å²) in [7, 11) is 0. The predicted molar refractivity (Wildman–Crippen MR) is 60.9 cm³/mol. The minimum absolute atomic E-state index is 0.278. The maximum Gasteiger partial charge on any atom is 0.165 e. The molecule has 0 N–H and O–H groups in total. The molecule has 1 aliphatic heterocycles. The summed E-state index contributed by atoms with van der Waals surface area (Å²) in [5, 5.41) is 0. The molecule has 0 spiro atoms. The summed E-state index contributed by atoms with van der Waals surface area (Å²) in [5.41, 5.74) is 3.80. The van der Waals surface area contributed by atoms with Crippen molar-refractivity contribution in [1.29, 1.82) is 0 Å². The Morgan fingerprint density at radius 1 is 1.40 bits per heavy atom. The van der Waals surface area contributed by atoms with E-state index in [-0.39, 0.29) is 6.10 Å². The Kier molecular flexibility index (Phi) is 2.59. The molecule has 2 nitrogen and oxygen atoms in total. The van der Waals surface area contributed by atoms with Crippen LogP contribution in [0, 0.1) is 13.8 Å². The van der Waals surface area contributed by atoms with Crippen molar-refractivity contribution in [3.63, 3.8) is 0 Å². The van der Waals surface area contributed by atoms with Crippen molar-refractivity contribution in [2.75, 3.05) is 6.61 Å². The molecule has 1 aromatic rings. The summed E-state index contributed by atoms with van der Waals surface area (Å²) >= 11 is 0. The summed E-state index contributed by atoms with van der Waals surface area (Å²) in [4.78, 5) is 0. The van der Waals surface area contributed by atoms with Crippen molar-refractivity contribution in [1.82, 2.24) is 0 Å². The first-order valence-electron chi connectivity index (χ1n) is 5.56. The fourth-order valence-electron chi connectivity index (χ4n) is 2.20. The van der Waals surface area contributed by atoms with E-state index in [1.165, 1.54) is 16.7 Å². The van der Waals surface area contributed by atoms with E-state index in [0.29, 0.717) is 6.61 Å². The smallest absolute Gasteiger partial charge is 0.165 e. The molecule has 0 saturated heterocycles. The summed E-state index contributed by atoms with van der Waals surface area (Å²) in [6, 6.07) is 2.19.